The molecule has 0 radical (unpaired) electrons. The summed E-state index contributed by atoms with van der Waals surface area (Å²) >= 11 is 0. The van der Waals surface area contributed by atoms with Gasteiger partial charge in [-0.25, -0.2) is 4.79 Å². The Hall–Kier alpha value is -2.69. The molecule has 4 aliphatic carbocycles. The molecule has 10 heteroatoms. The van der Waals surface area contributed by atoms with E-state index >= 15 is 0 Å². The topological polar surface area (TPSA) is 163 Å². The summed E-state index contributed by atoms with van der Waals surface area (Å²) < 4.78 is 5.22. The maximum Gasteiger partial charge on any atom is 0.407 e. The van der Waals surface area contributed by atoms with Crippen molar-refractivity contribution in [3.63, 3.8) is 0 Å². The van der Waals surface area contributed by atoms with Crippen LogP contribution in [0, 0.1) is 11.8 Å². The lowest BCUT2D eigenvalue weighted by Gasteiger charge is -2.31. The van der Waals surface area contributed by atoms with E-state index in [2.05, 4.69) is 16.0 Å². The van der Waals surface area contributed by atoms with Crippen LogP contribution >= 0.6 is 0 Å². The summed E-state index contributed by atoms with van der Waals surface area (Å²) in [6, 6.07) is 8.85. The molecule has 0 spiro atoms. The standard InChI is InChI=1S/C19H26N2O4.C11H20N2O2/c22-17(18(23)20-15-9-10-15)16(11-13-7-4-8-13)21-19(24)25-12-14-5-2-1-3-6-14;12-9(6-7-2-1-3-7)10(14)11(15)13-8-4-5-8/h1-3,5-6,13,15-17,22H,4,7-12H2,(H,20,23)(H,21,24);7-10,14H,1-6,12H2,(H,13,15). The van der Waals surface area contributed by atoms with E-state index in [1.165, 1.54) is 25.7 Å². The van der Waals surface area contributed by atoms with Gasteiger partial charge < -0.3 is 36.6 Å². The molecule has 4 saturated carbocycles. The lowest BCUT2D eigenvalue weighted by atomic mass is 9.80. The fourth-order valence-corrected chi connectivity index (χ4v) is 4.92. The van der Waals surface area contributed by atoms with Crippen LogP contribution in [0.1, 0.15) is 82.6 Å². The Morgan fingerprint density at radius 1 is 0.800 bits per heavy atom. The summed E-state index contributed by atoms with van der Waals surface area (Å²) in [5.41, 5.74) is 6.70. The average molecular weight is 559 g/mol. The molecule has 0 aromatic heterocycles. The molecule has 0 bridgehead atoms. The minimum Gasteiger partial charge on any atom is -0.445 e. The van der Waals surface area contributed by atoms with Crippen LogP contribution in [0.25, 0.3) is 0 Å². The second kappa shape index (κ2) is 14.8. The molecule has 1 aromatic carbocycles. The van der Waals surface area contributed by atoms with Crippen molar-refractivity contribution in [2.45, 2.75) is 120 Å². The number of aliphatic hydroxyl groups excluding tert-OH is 2. The van der Waals surface area contributed by atoms with Crippen LogP contribution in [-0.4, -0.2) is 64.5 Å². The van der Waals surface area contributed by atoms with Crippen LogP contribution in [0.5, 0.6) is 0 Å². The lowest BCUT2D eigenvalue weighted by molar-refractivity contribution is -0.131. The van der Waals surface area contributed by atoms with E-state index < -0.39 is 36.3 Å². The van der Waals surface area contributed by atoms with Gasteiger partial charge in [0.2, 0.25) is 0 Å². The number of amides is 3. The summed E-state index contributed by atoms with van der Waals surface area (Å²) in [7, 11) is 0. The maximum absolute atomic E-state index is 12.1. The van der Waals surface area contributed by atoms with Gasteiger partial charge in [0.05, 0.1) is 6.04 Å². The third kappa shape index (κ3) is 10.1. The predicted molar refractivity (Wildman–Crippen MR) is 150 cm³/mol. The Balaban J connectivity index is 0.000000210. The third-order valence-electron chi connectivity index (χ3n) is 8.33. The molecular formula is C30H46N4O6. The molecule has 4 fully saturated rings. The molecule has 4 atom stereocenters. The quantitative estimate of drug-likeness (QED) is 0.216. The Morgan fingerprint density at radius 2 is 1.32 bits per heavy atom. The van der Waals surface area contributed by atoms with Crippen LogP contribution in [-0.2, 0) is 20.9 Å². The molecule has 3 amide bonds. The zero-order chi connectivity index (χ0) is 28.5. The molecule has 222 valence electrons. The average Bonchev–Trinajstić information content (AvgIpc) is 3.84. The molecule has 0 heterocycles. The first-order valence-corrected chi connectivity index (χ1v) is 15.0. The smallest absolute Gasteiger partial charge is 0.407 e. The highest BCUT2D eigenvalue weighted by molar-refractivity contribution is 5.83. The third-order valence-corrected chi connectivity index (χ3v) is 8.33. The first kappa shape index (κ1) is 30.3. The minimum absolute atomic E-state index is 0.160. The number of nitrogens with one attached hydrogen (secondary N) is 3. The van der Waals surface area contributed by atoms with Gasteiger partial charge in [0.15, 0.2) is 6.10 Å². The van der Waals surface area contributed by atoms with Crippen LogP contribution < -0.4 is 21.7 Å². The van der Waals surface area contributed by atoms with E-state index in [9.17, 15) is 24.6 Å². The van der Waals surface area contributed by atoms with Gasteiger partial charge in [-0.2, -0.15) is 0 Å². The number of carbonyl (C=O) groups is 3. The first-order chi connectivity index (χ1) is 19.3. The van der Waals surface area contributed by atoms with Crippen molar-refractivity contribution in [1.82, 2.24) is 16.0 Å². The van der Waals surface area contributed by atoms with Gasteiger partial charge in [0, 0.05) is 18.1 Å². The van der Waals surface area contributed by atoms with E-state index in [4.69, 9.17) is 10.5 Å². The van der Waals surface area contributed by atoms with Crippen LogP contribution in [0.3, 0.4) is 0 Å². The Bertz CT molecular complexity index is 962. The fraction of sp³-hybridized carbons (Fsp3) is 0.700. The number of carbonyl (C=O) groups excluding carboxylic acids is 3. The van der Waals surface area contributed by atoms with Gasteiger partial charge in [-0.1, -0.05) is 68.9 Å². The molecule has 0 aliphatic heterocycles. The summed E-state index contributed by atoms with van der Waals surface area (Å²) in [4.78, 5) is 35.7. The molecular weight excluding hydrogens is 512 g/mol. The SMILES string of the molecule is NC(CC1CCC1)C(O)C(=O)NC1CC1.O=C(NC(CC1CCC1)C(O)C(=O)NC1CC1)OCc1ccccc1. The number of hydrogen-bond acceptors (Lipinski definition) is 7. The minimum atomic E-state index is -1.24. The predicted octanol–water partition coefficient (Wildman–Crippen LogP) is 2.25. The summed E-state index contributed by atoms with van der Waals surface area (Å²) in [6.45, 7) is 0.160. The van der Waals surface area contributed by atoms with Crippen molar-refractivity contribution in [2.24, 2.45) is 17.6 Å². The molecule has 4 unspecified atom stereocenters. The number of ether oxygens (including phenoxy) is 1. The second-order valence-electron chi connectivity index (χ2n) is 12.0. The zero-order valence-electron chi connectivity index (χ0n) is 23.3. The monoisotopic (exact) mass is 558 g/mol. The number of alkyl carbamates (subject to hydrolysis) is 1. The molecule has 10 nitrogen and oxygen atoms in total. The Kier molecular flexibility index (Phi) is 11.2. The number of hydrogen-bond donors (Lipinski definition) is 6. The van der Waals surface area contributed by atoms with Crippen molar-refractivity contribution in [3.8, 4) is 0 Å². The van der Waals surface area contributed by atoms with E-state index in [0.29, 0.717) is 24.3 Å². The van der Waals surface area contributed by atoms with Gasteiger partial charge in [-0.05, 0) is 55.9 Å². The largest absolute Gasteiger partial charge is 0.445 e. The maximum atomic E-state index is 12.1. The number of rotatable bonds is 13. The molecule has 4 aliphatic rings. The van der Waals surface area contributed by atoms with Gasteiger partial charge >= 0.3 is 6.09 Å². The normalized spacial score (nSPS) is 21.7. The molecule has 40 heavy (non-hydrogen) atoms. The molecule has 0 saturated heterocycles. The first-order valence-electron chi connectivity index (χ1n) is 15.0. The van der Waals surface area contributed by atoms with E-state index in [-0.39, 0.29) is 18.6 Å². The van der Waals surface area contributed by atoms with Crippen molar-refractivity contribution in [3.05, 3.63) is 35.9 Å². The highest BCUT2D eigenvalue weighted by atomic mass is 16.5. The number of benzene rings is 1. The summed E-state index contributed by atoms with van der Waals surface area (Å²) in [5, 5.41) is 28.3. The van der Waals surface area contributed by atoms with E-state index in [1.54, 1.807) is 0 Å². The van der Waals surface area contributed by atoms with Gasteiger partial charge in [0.1, 0.15) is 12.7 Å². The van der Waals surface area contributed by atoms with Crippen molar-refractivity contribution in [2.75, 3.05) is 0 Å². The summed E-state index contributed by atoms with van der Waals surface area (Å²) in [5.74, 6) is 0.380. The number of nitrogens with two attached hydrogens (primary N) is 1. The van der Waals surface area contributed by atoms with E-state index in [0.717, 1.165) is 50.5 Å². The zero-order valence-corrected chi connectivity index (χ0v) is 23.3. The highest BCUT2D eigenvalue weighted by Crippen LogP contribution is 2.32. The van der Waals surface area contributed by atoms with Crippen LogP contribution in [0.4, 0.5) is 4.79 Å². The van der Waals surface area contributed by atoms with Gasteiger partial charge in [0.25, 0.3) is 11.8 Å². The lowest BCUT2D eigenvalue weighted by Crippen LogP contribution is -2.52. The Labute approximate surface area is 236 Å². The van der Waals surface area contributed by atoms with E-state index in [1.807, 2.05) is 30.3 Å². The summed E-state index contributed by atoms with van der Waals surface area (Å²) in [6.07, 6.45) is 9.48. The van der Waals surface area contributed by atoms with Crippen molar-refractivity contribution < 1.29 is 29.3 Å². The number of aliphatic hydroxyl groups is 2. The van der Waals surface area contributed by atoms with Crippen molar-refractivity contribution >= 4 is 17.9 Å². The molecule has 1 aromatic rings. The highest BCUT2D eigenvalue weighted by Gasteiger charge is 2.35. The fourth-order valence-electron chi connectivity index (χ4n) is 4.92. The molecule has 5 rings (SSSR count). The van der Waals surface area contributed by atoms with Crippen LogP contribution in [0.2, 0.25) is 0 Å². The van der Waals surface area contributed by atoms with Crippen molar-refractivity contribution in [1.29, 1.82) is 0 Å². The van der Waals surface area contributed by atoms with Gasteiger partial charge in [-0.15, -0.1) is 0 Å². The second-order valence-corrected chi connectivity index (χ2v) is 12.0. The van der Waals surface area contributed by atoms with Crippen LogP contribution in [0.15, 0.2) is 30.3 Å². The molecule has 7 N–H and O–H groups in total. The Morgan fingerprint density at radius 3 is 1.82 bits per heavy atom. The van der Waals surface area contributed by atoms with Gasteiger partial charge in [-0.3, -0.25) is 9.59 Å².